The second kappa shape index (κ2) is 6.94. The lowest BCUT2D eigenvalue weighted by Crippen LogP contribution is -2.38. The zero-order chi connectivity index (χ0) is 11.8. The van der Waals surface area contributed by atoms with Gasteiger partial charge >= 0.3 is 0 Å². The van der Waals surface area contributed by atoms with E-state index in [2.05, 4.69) is 22.9 Å². The molecule has 1 unspecified atom stereocenters. The molecular weight excluding hydrogens is 200 g/mol. The summed E-state index contributed by atoms with van der Waals surface area (Å²) in [5.41, 5.74) is 6.81. The zero-order valence-corrected chi connectivity index (χ0v) is 9.63. The monoisotopic (exact) mass is 218 g/mol. The van der Waals surface area contributed by atoms with Crippen molar-refractivity contribution in [2.24, 2.45) is 5.73 Å². The molecule has 0 spiro atoms. The molecule has 0 aliphatic rings. The van der Waals surface area contributed by atoms with Gasteiger partial charge in [-0.2, -0.15) is 5.26 Å². The van der Waals surface area contributed by atoms with Gasteiger partial charge in [-0.05, 0) is 18.6 Å². The summed E-state index contributed by atoms with van der Waals surface area (Å²) in [5, 5.41) is 8.62. The van der Waals surface area contributed by atoms with E-state index in [0.717, 1.165) is 18.7 Å². The molecule has 16 heavy (non-hydrogen) atoms. The average Bonchev–Trinajstić information content (AvgIpc) is 2.34. The van der Waals surface area contributed by atoms with Crippen LogP contribution in [0.4, 0.5) is 0 Å². The van der Waals surface area contributed by atoms with Gasteiger partial charge in [0.15, 0.2) is 0 Å². The van der Waals surface area contributed by atoms with Crippen LogP contribution in [0.25, 0.3) is 0 Å². The van der Waals surface area contributed by atoms with Crippen LogP contribution >= 0.6 is 0 Å². The summed E-state index contributed by atoms with van der Waals surface area (Å²) in [4.78, 5) is 6.29. The number of nitriles is 1. The standard InChI is InChI=1S/C12H18N4/c1-11(8-14)16(7-3-5-13)10-12-4-2-6-15-9-12/h2,4,6,9,11H,3,7-8,10,14H2,1H3. The lowest BCUT2D eigenvalue weighted by molar-refractivity contribution is 0.209. The fourth-order valence-corrected chi connectivity index (χ4v) is 1.52. The molecule has 0 saturated carbocycles. The second-order valence-electron chi connectivity index (χ2n) is 3.82. The molecule has 1 heterocycles. The number of rotatable bonds is 6. The van der Waals surface area contributed by atoms with E-state index in [0.29, 0.717) is 13.0 Å². The Morgan fingerprint density at radius 1 is 1.62 bits per heavy atom. The summed E-state index contributed by atoms with van der Waals surface area (Å²) in [7, 11) is 0. The maximum absolute atomic E-state index is 8.62. The van der Waals surface area contributed by atoms with E-state index in [4.69, 9.17) is 11.0 Å². The summed E-state index contributed by atoms with van der Waals surface area (Å²) in [6, 6.07) is 6.41. The largest absolute Gasteiger partial charge is 0.329 e. The van der Waals surface area contributed by atoms with Crippen LogP contribution in [0, 0.1) is 11.3 Å². The van der Waals surface area contributed by atoms with E-state index >= 15 is 0 Å². The van der Waals surface area contributed by atoms with E-state index in [1.807, 2.05) is 18.3 Å². The number of hydrogen-bond acceptors (Lipinski definition) is 4. The van der Waals surface area contributed by atoms with Gasteiger partial charge in [-0.3, -0.25) is 9.88 Å². The Balaban J connectivity index is 2.60. The number of hydrogen-bond donors (Lipinski definition) is 1. The first-order valence-electron chi connectivity index (χ1n) is 5.48. The van der Waals surface area contributed by atoms with E-state index in [9.17, 15) is 0 Å². The van der Waals surface area contributed by atoms with Crippen LogP contribution in [0.1, 0.15) is 18.9 Å². The molecule has 86 valence electrons. The van der Waals surface area contributed by atoms with Gasteiger partial charge < -0.3 is 5.73 Å². The van der Waals surface area contributed by atoms with Crippen LogP contribution in [0.15, 0.2) is 24.5 Å². The smallest absolute Gasteiger partial charge is 0.0635 e. The molecule has 1 atom stereocenters. The molecular formula is C12H18N4. The lowest BCUT2D eigenvalue weighted by Gasteiger charge is -2.27. The molecule has 0 saturated heterocycles. The van der Waals surface area contributed by atoms with Crippen LogP contribution in [-0.2, 0) is 6.54 Å². The molecule has 0 aliphatic carbocycles. The topological polar surface area (TPSA) is 65.9 Å². The molecule has 4 heteroatoms. The first kappa shape index (κ1) is 12.6. The van der Waals surface area contributed by atoms with Crippen LogP contribution in [0.5, 0.6) is 0 Å². The minimum Gasteiger partial charge on any atom is -0.329 e. The first-order valence-corrected chi connectivity index (χ1v) is 5.48. The summed E-state index contributed by atoms with van der Waals surface area (Å²) < 4.78 is 0. The van der Waals surface area contributed by atoms with Gasteiger partial charge in [0, 0.05) is 44.5 Å². The van der Waals surface area contributed by atoms with Crippen molar-refractivity contribution in [1.82, 2.24) is 9.88 Å². The highest BCUT2D eigenvalue weighted by molar-refractivity contribution is 5.08. The Bertz CT molecular complexity index is 331. The van der Waals surface area contributed by atoms with E-state index < -0.39 is 0 Å². The number of pyridine rings is 1. The predicted octanol–water partition coefficient (Wildman–Crippen LogP) is 1.14. The van der Waals surface area contributed by atoms with Gasteiger partial charge in [0.05, 0.1) is 6.07 Å². The molecule has 1 aromatic rings. The van der Waals surface area contributed by atoms with Crippen molar-refractivity contribution in [2.45, 2.75) is 25.9 Å². The lowest BCUT2D eigenvalue weighted by atomic mass is 10.2. The molecule has 2 N–H and O–H groups in total. The quantitative estimate of drug-likeness (QED) is 0.777. The molecule has 0 aromatic carbocycles. The number of nitrogens with two attached hydrogens (primary N) is 1. The van der Waals surface area contributed by atoms with Gasteiger partial charge in [0.25, 0.3) is 0 Å². The molecule has 1 rings (SSSR count). The van der Waals surface area contributed by atoms with E-state index in [1.165, 1.54) is 0 Å². The zero-order valence-electron chi connectivity index (χ0n) is 9.63. The third-order valence-electron chi connectivity index (χ3n) is 2.58. The van der Waals surface area contributed by atoms with Gasteiger partial charge in [-0.25, -0.2) is 0 Å². The Labute approximate surface area is 96.7 Å². The highest BCUT2D eigenvalue weighted by Gasteiger charge is 2.12. The Morgan fingerprint density at radius 2 is 2.44 bits per heavy atom. The third-order valence-corrected chi connectivity index (χ3v) is 2.58. The fourth-order valence-electron chi connectivity index (χ4n) is 1.52. The molecule has 1 aromatic heterocycles. The van der Waals surface area contributed by atoms with Crippen molar-refractivity contribution in [2.75, 3.05) is 13.1 Å². The maximum atomic E-state index is 8.62. The van der Waals surface area contributed by atoms with Crippen molar-refractivity contribution in [3.63, 3.8) is 0 Å². The molecule has 0 radical (unpaired) electrons. The van der Waals surface area contributed by atoms with Gasteiger partial charge in [0.1, 0.15) is 0 Å². The van der Waals surface area contributed by atoms with Gasteiger partial charge in [-0.15, -0.1) is 0 Å². The predicted molar refractivity (Wildman–Crippen MR) is 63.4 cm³/mol. The van der Waals surface area contributed by atoms with Crippen molar-refractivity contribution < 1.29 is 0 Å². The van der Waals surface area contributed by atoms with Crippen LogP contribution < -0.4 is 5.73 Å². The van der Waals surface area contributed by atoms with Crippen molar-refractivity contribution in [3.8, 4) is 6.07 Å². The van der Waals surface area contributed by atoms with E-state index in [1.54, 1.807) is 6.20 Å². The minimum atomic E-state index is 0.286. The van der Waals surface area contributed by atoms with Gasteiger partial charge in [-0.1, -0.05) is 6.07 Å². The highest BCUT2D eigenvalue weighted by atomic mass is 15.2. The van der Waals surface area contributed by atoms with Crippen LogP contribution in [0.3, 0.4) is 0 Å². The van der Waals surface area contributed by atoms with Crippen LogP contribution in [-0.4, -0.2) is 29.0 Å². The highest BCUT2D eigenvalue weighted by Crippen LogP contribution is 2.07. The minimum absolute atomic E-state index is 0.286. The van der Waals surface area contributed by atoms with Gasteiger partial charge in [0.2, 0.25) is 0 Å². The maximum Gasteiger partial charge on any atom is 0.0635 e. The second-order valence-corrected chi connectivity index (χ2v) is 3.82. The molecule has 0 fully saturated rings. The first-order chi connectivity index (χ1) is 7.77. The van der Waals surface area contributed by atoms with E-state index in [-0.39, 0.29) is 6.04 Å². The normalized spacial score (nSPS) is 12.4. The summed E-state index contributed by atoms with van der Waals surface area (Å²) in [6.45, 7) is 4.23. The Kier molecular flexibility index (Phi) is 5.48. The van der Waals surface area contributed by atoms with Crippen molar-refractivity contribution in [3.05, 3.63) is 30.1 Å². The average molecular weight is 218 g/mol. The van der Waals surface area contributed by atoms with Crippen molar-refractivity contribution in [1.29, 1.82) is 5.26 Å². The SMILES string of the molecule is CC(CN)N(CCC#N)Cc1cccnc1. The summed E-state index contributed by atoms with van der Waals surface area (Å²) in [5.74, 6) is 0. The molecule has 4 nitrogen and oxygen atoms in total. The fraction of sp³-hybridized carbons (Fsp3) is 0.500. The summed E-state index contributed by atoms with van der Waals surface area (Å²) in [6.07, 6.45) is 4.14. The summed E-state index contributed by atoms with van der Waals surface area (Å²) >= 11 is 0. The van der Waals surface area contributed by atoms with Crippen molar-refractivity contribution >= 4 is 0 Å². The number of nitrogens with zero attached hydrogens (tertiary/aromatic N) is 3. The molecule has 0 aliphatic heterocycles. The molecule has 0 bridgehead atoms. The number of aromatic nitrogens is 1. The van der Waals surface area contributed by atoms with Crippen LogP contribution in [0.2, 0.25) is 0 Å². The Hall–Kier alpha value is -1.44. The molecule has 0 amide bonds. The Morgan fingerprint density at radius 3 is 3.00 bits per heavy atom. The third kappa shape index (κ3) is 3.97.